The monoisotopic (exact) mass is 204 g/mol. The van der Waals surface area contributed by atoms with Crippen molar-refractivity contribution in [3.8, 4) is 0 Å². The van der Waals surface area contributed by atoms with Crippen LogP contribution in [0, 0.1) is 0 Å². The molecule has 1 fully saturated rings. The highest BCUT2D eigenvalue weighted by Crippen LogP contribution is 2.59. The Morgan fingerprint density at radius 1 is 1.75 bits per heavy atom. The summed E-state index contributed by atoms with van der Waals surface area (Å²) < 4.78 is 15.9. The first-order chi connectivity index (χ1) is 5.73. The van der Waals surface area contributed by atoms with Gasteiger partial charge in [0.2, 0.25) is 0 Å². The van der Waals surface area contributed by atoms with E-state index in [2.05, 4.69) is 0 Å². The summed E-state index contributed by atoms with van der Waals surface area (Å²) >= 11 is 5.06. The molecule has 0 amide bonds. The fourth-order valence-electron chi connectivity index (χ4n) is 1.16. The molecule has 3 nitrogen and oxygen atoms in total. The molecule has 0 bridgehead atoms. The van der Waals surface area contributed by atoms with E-state index in [0.717, 1.165) is 12.2 Å². The zero-order valence-corrected chi connectivity index (χ0v) is 8.31. The molecule has 0 saturated carbocycles. The van der Waals surface area contributed by atoms with Crippen molar-refractivity contribution in [2.75, 3.05) is 7.11 Å². The molecular formula is C7H9O3PS. The van der Waals surface area contributed by atoms with Crippen LogP contribution in [0.15, 0.2) is 24.0 Å². The lowest BCUT2D eigenvalue weighted by Gasteiger charge is -2.09. The number of fused-ring (bicyclic) bond motifs is 1. The van der Waals surface area contributed by atoms with Crippen LogP contribution in [-0.2, 0) is 25.4 Å². The topological polar surface area (TPSA) is 27.7 Å². The molecule has 0 N–H and O–H groups in total. The Kier molecular flexibility index (Phi) is 2.09. The van der Waals surface area contributed by atoms with Crippen LogP contribution in [0.5, 0.6) is 0 Å². The lowest BCUT2D eigenvalue weighted by molar-refractivity contribution is 0.244. The average Bonchev–Trinajstić information content (AvgIpc) is 2.42. The maximum atomic E-state index is 5.46. The summed E-state index contributed by atoms with van der Waals surface area (Å²) in [6, 6.07) is 0. The van der Waals surface area contributed by atoms with E-state index in [-0.39, 0.29) is 6.10 Å². The molecule has 1 aliphatic carbocycles. The molecular weight excluding hydrogens is 195 g/mol. The Labute approximate surface area is 76.3 Å². The SMILES string of the molecule is COP1(=S)OC2=CC=CCC2O1. The smallest absolute Gasteiger partial charge is 0.380 e. The van der Waals surface area contributed by atoms with Gasteiger partial charge in [-0.2, -0.15) is 0 Å². The van der Waals surface area contributed by atoms with Crippen LogP contribution in [0.2, 0.25) is 0 Å². The third-order valence-electron chi connectivity index (χ3n) is 1.76. The molecule has 0 aromatic rings. The average molecular weight is 204 g/mol. The molecule has 1 heterocycles. The van der Waals surface area contributed by atoms with Gasteiger partial charge in [-0.05, 0) is 12.5 Å². The Bertz CT molecular complexity index is 297. The second-order valence-corrected chi connectivity index (χ2v) is 5.54. The summed E-state index contributed by atoms with van der Waals surface area (Å²) in [5.41, 5.74) is 0. The lowest BCUT2D eigenvalue weighted by atomic mass is 10.1. The Hall–Kier alpha value is -0.150. The molecule has 2 aliphatic rings. The molecule has 2 unspecified atom stereocenters. The molecule has 0 aromatic carbocycles. The first-order valence-corrected chi connectivity index (χ1v) is 6.19. The standard InChI is InChI=1S/C7H9O3PS/c1-8-11(12)9-6-4-2-3-5-7(6)10-11/h2-4,7H,5H2,1H3. The normalized spacial score (nSPS) is 38.8. The molecule has 5 heteroatoms. The van der Waals surface area contributed by atoms with Gasteiger partial charge < -0.3 is 9.05 Å². The number of allylic oxidation sites excluding steroid dienone is 2. The largest absolute Gasteiger partial charge is 0.426 e. The maximum Gasteiger partial charge on any atom is 0.380 e. The molecule has 66 valence electrons. The van der Waals surface area contributed by atoms with E-state index in [4.69, 9.17) is 25.4 Å². The summed E-state index contributed by atoms with van der Waals surface area (Å²) in [6.45, 7) is -2.43. The second-order valence-electron chi connectivity index (χ2n) is 2.55. The summed E-state index contributed by atoms with van der Waals surface area (Å²) in [5, 5.41) is 0. The zero-order valence-electron chi connectivity index (χ0n) is 6.60. The molecule has 0 spiro atoms. The predicted octanol–water partition coefficient (Wildman–Crippen LogP) is 2.12. The highest BCUT2D eigenvalue weighted by atomic mass is 32.5. The van der Waals surface area contributed by atoms with Gasteiger partial charge in [0.05, 0.1) is 0 Å². The van der Waals surface area contributed by atoms with Crippen LogP contribution in [0.3, 0.4) is 0 Å². The summed E-state index contributed by atoms with van der Waals surface area (Å²) in [7, 11) is 1.52. The lowest BCUT2D eigenvalue weighted by Crippen LogP contribution is -2.07. The van der Waals surface area contributed by atoms with Gasteiger partial charge in [0, 0.05) is 18.9 Å². The van der Waals surface area contributed by atoms with Crippen molar-refractivity contribution in [2.45, 2.75) is 12.5 Å². The highest BCUT2D eigenvalue weighted by Gasteiger charge is 2.38. The van der Waals surface area contributed by atoms with Crippen LogP contribution in [0.25, 0.3) is 0 Å². The molecule has 0 radical (unpaired) electrons. The summed E-state index contributed by atoms with van der Waals surface area (Å²) in [5.74, 6) is 0.808. The fourth-order valence-corrected chi connectivity index (χ4v) is 2.87. The van der Waals surface area contributed by atoms with Crippen LogP contribution >= 0.6 is 6.72 Å². The van der Waals surface area contributed by atoms with Gasteiger partial charge in [0.1, 0.15) is 11.9 Å². The van der Waals surface area contributed by atoms with Gasteiger partial charge in [-0.1, -0.05) is 12.2 Å². The van der Waals surface area contributed by atoms with Gasteiger partial charge in [0.25, 0.3) is 0 Å². The van der Waals surface area contributed by atoms with E-state index in [1.807, 2.05) is 18.2 Å². The molecule has 2 atom stereocenters. The van der Waals surface area contributed by atoms with Gasteiger partial charge in [-0.15, -0.1) is 0 Å². The minimum atomic E-state index is -2.43. The number of hydrogen-bond donors (Lipinski definition) is 0. The van der Waals surface area contributed by atoms with Gasteiger partial charge >= 0.3 is 6.72 Å². The number of rotatable bonds is 1. The van der Waals surface area contributed by atoms with Crippen molar-refractivity contribution in [3.63, 3.8) is 0 Å². The Morgan fingerprint density at radius 2 is 2.58 bits per heavy atom. The van der Waals surface area contributed by atoms with Gasteiger partial charge in [-0.25, -0.2) is 0 Å². The van der Waals surface area contributed by atoms with Crippen molar-refractivity contribution in [2.24, 2.45) is 0 Å². The van der Waals surface area contributed by atoms with E-state index in [0.29, 0.717) is 0 Å². The number of hydrogen-bond acceptors (Lipinski definition) is 4. The van der Waals surface area contributed by atoms with Gasteiger partial charge in [0.15, 0.2) is 0 Å². The summed E-state index contributed by atoms with van der Waals surface area (Å²) in [6.07, 6.45) is 6.66. The van der Waals surface area contributed by atoms with Crippen molar-refractivity contribution in [3.05, 3.63) is 24.0 Å². The first kappa shape index (κ1) is 8.45. The molecule has 2 rings (SSSR count). The minimum Gasteiger partial charge on any atom is -0.426 e. The molecule has 0 aromatic heterocycles. The zero-order chi connectivity index (χ0) is 8.60. The minimum absolute atomic E-state index is 0.0132. The van der Waals surface area contributed by atoms with Crippen LogP contribution in [0.4, 0.5) is 0 Å². The van der Waals surface area contributed by atoms with Crippen LogP contribution in [-0.4, -0.2) is 13.2 Å². The van der Waals surface area contributed by atoms with Crippen molar-refractivity contribution in [1.29, 1.82) is 0 Å². The predicted molar refractivity (Wildman–Crippen MR) is 49.1 cm³/mol. The maximum absolute atomic E-state index is 5.46. The van der Waals surface area contributed by atoms with Gasteiger partial charge in [-0.3, -0.25) is 4.52 Å². The second kappa shape index (κ2) is 2.96. The van der Waals surface area contributed by atoms with E-state index in [1.54, 1.807) is 0 Å². The van der Waals surface area contributed by atoms with E-state index < -0.39 is 6.72 Å². The van der Waals surface area contributed by atoms with Crippen molar-refractivity contribution in [1.82, 2.24) is 0 Å². The summed E-state index contributed by atoms with van der Waals surface area (Å²) in [4.78, 5) is 0. The van der Waals surface area contributed by atoms with E-state index in [9.17, 15) is 0 Å². The Balaban J connectivity index is 2.22. The van der Waals surface area contributed by atoms with E-state index in [1.165, 1.54) is 7.11 Å². The fraction of sp³-hybridized carbons (Fsp3) is 0.429. The third kappa shape index (κ3) is 1.36. The van der Waals surface area contributed by atoms with Crippen LogP contribution in [0.1, 0.15) is 6.42 Å². The molecule has 1 aliphatic heterocycles. The van der Waals surface area contributed by atoms with Crippen molar-refractivity contribution >= 4 is 18.5 Å². The molecule has 1 saturated heterocycles. The van der Waals surface area contributed by atoms with Crippen molar-refractivity contribution < 1.29 is 13.6 Å². The third-order valence-corrected chi connectivity index (χ3v) is 4.08. The van der Waals surface area contributed by atoms with Crippen LogP contribution < -0.4 is 0 Å². The quantitative estimate of drug-likeness (QED) is 0.611. The Morgan fingerprint density at radius 3 is 3.25 bits per heavy atom. The first-order valence-electron chi connectivity index (χ1n) is 3.64. The highest BCUT2D eigenvalue weighted by molar-refractivity contribution is 8.07. The van der Waals surface area contributed by atoms with E-state index >= 15 is 0 Å². The molecule has 12 heavy (non-hydrogen) atoms.